The van der Waals surface area contributed by atoms with Gasteiger partial charge in [-0.1, -0.05) is 23.7 Å². The van der Waals surface area contributed by atoms with Gasteiger partial charge >= 0.3 is 0 Å². The van der Waals surface area contributed by atoms with Crippen LogP contribution in [0.4, 0.5) is 5.95 Å². The number of rotatable bonds is 6. The molecule has 1 aromatic carbocycles. The molecule has 0 radical (unpaired) electrons. The number of aromatic nitrogens is 2. The van der Waals surface area contributed by atoms with Crippen LogP contribution in [0.3, 0.4) is 0 Å². The molecule has 2 atom stereocenters. The molecule has 3 fully saturated rings. The topological polar surface area (TPSA) is 48.0 Å². The fourth-order valence-corrected chi connectivity index (χ4v) is 5.70. The number of morpholine rings is 1. The van der Waals surface area contributed by atoms with Crippen molar-refractivity contribution in [3.8, 4) is 0 Å². The first-order valence-electron chi connectivity index (χ1n) is 12.7. The first-order chi connectivity index (χ1) is 16.6. The Labute approximate surface area is 208 Å². The molecule has 0 amide bonds. The molecule has 184 valence electrons. The van der Waals surface area contributed by atoms with Gasteiger partial charge in [0.1, 0.15) is 0 Å². The predicted octanol–water partition coefficient (Wildman–Crippen LogP) is 2.66. The van der Waals surface area contributed by atoms with Gasteiger partial charge < -0.3 is 14.5 Å². The van der Waals surface area contributed by atoms with Crippen LogP contribution in [0.2, 0.25) is 5.02 Å². The van der Waals surface area contributed by atoms with Crippen molar-refractivity contribution in [1.82, 2.24) is 24.7 Å². The van der Waals surface area contributed by atoms with Gasteiger partial charge in [-0.3, -0.25) is 9.80 Å². The highest BCUT2D eigenvalue weighted by Crippen LogP contribution is 2.27. The SMILES string of the molecule is CN1CCN(C[C@H]2CN(C3CCN(c4ncccn4)CC3)[C@@H](Cc3ccc(Cl)cc3)CO2)CC1. The van der Waals surface area contributed by atoms with Crippen LogP contribution in [0.25, 0.3) is 0 Å². The normalized spacial score (nSPS) is 26.1. The van der Waals surface area contributed by atoms with Crippen LogP contribution in [-0.4, -0.2) is 109 Å². The summed E-state index contributed by atoms with van der Waals surface area (Å²) >= 11 is 6.13. The van der Waals surface area contributed by atoms with Gasteiger partial charge in [-0.2, -0.15) is 0 Å². The molecule has 3 aliphatic rings. The third kappa shape index (κ3) is 6.07. The Balaban J connectivity index is 1.24. The van der Waals surface area contributed by atoms with Gasteiger partial charge in [-0.25, -0.2) is 9.97 Å². The van der Waals surface area contributed by atoms with Crippen molar-refractivity contribution in [1.29, 1.82) is 0 Å². The number of hydrogen-bond donors (Lipinski definition) is 0. The number of halogens is 1. The summed E-state index contributed by atoms with van der Waals surface area (Å²) in [6.07, 6.45) is 7.22. The number of piperazine rings is 1. The van der Waals surface area contributed by atoms with Gasteiger partial charge in [0.05, 0.1) is 12.7 Å². The Kier molecular flexibility index (Phi) is 7.97. The lowest BCUT2D eigenvalue weighted by molar-refractivity contribution is -0.0932. The molecule has 4 heterocycles. The average Bonchev–Trinajstić information content (AvgIpc) is 2.88. The number of piperidine rings is 1. The van der Waals surface area contributed by atoms with Crippen LogP contribution in [-0.2, 0) is 11.2 Å². The van der Waals surface area contributed by atoms with Gasteiger partial charge in [0.25, 0.3) is 0 Å². The summed E-state index contributed by atoms with van der Waals surface area (Å²) in [4.78, 5) is 19.0. The molecule has 0 saturated carbocycles. The first-order valence-corrected chi connectivity index (χ1v) is 13.1. The van der Waals surface area contributed by atoms with E-state index in [1.54, 1.807) is 0 Å². The molecular formula is C26H37ClN6O. The number of likely N-dealkylation sites (N-methyl/N-ethyl adjacent to an activating group) is 1. The third-order valence-corrected chi connectivity index (χ3v) is 7.87. The second kappa shape index (κ2) is 11.3. The van der Waals surface area contributed by atoms with E-state index < -0.39 is 0 Å². The molecule has 1 aromatic heterocycles. The first kappa shape index (κ1) is 23.9. The molecule has 0 aliphatic carbocycles. The van der Waals surface area contributed by atoms with E-state index in [0.29, 0.717) is 12.1 Å². The van der Waals surface area contributed by atoms with Gasteiger partial charge in [-0.05, 0) is 50.1 Å². The zero-order valence-corrected chi connectivity index (χ0v) is 21.0. The average molecular weight is 485 g/mol. The molecule has 0 N–H and O–H groups in total. The zero-order chi connectivity index (χ0) is 23.3. The van der Waals surface area contributed by atoms with E-state index in [9.17, 15) is 0 Å². The molecule has 0 bridgehead atoms. The zero-order valence-electron chi connectivity index (χ0n) is 20.2. The van der Waals surface area contributed by atoms with Crippen molar-refractivity contribution in [2.45, 2.75) is 37.5 Å². The summed E-state index contributed by atoms with van der Waals surface area (Å²) in [5.74, 6) is 0.855. The summed E-state index contributed by atoms with van der Waals surface area (Å²) in [6.45, 7) is 9.42. The standard InChI is InChI=1S/C26H37ClN6O/c1-30-13-15-31(16-14-30)18-25-19-33(24(20-34-25)17-21-3-5-22(27)6-4-21)23-7-11-32(12-8-23)26-28-9-2-10-29-26/h2-6,9-10,23-25H,7-8,11-20H2,1H3/t24-,25-/m0/s1. The fourth-order valence-electron chi connectivity index (χ4n) is 5.58. The van der Waals surface area contributed by atoms with Gasteiger partial charge in [0.15, 0.2) is 0 Å². The number of anilines is 1. The maximum Gasteiger partial charge on any atom is 0.225 e. The maximum atomic E-state index is 6.47. The van der Waals surface area contributed by atoms with Crippen molar-refractivity contribution in [2.75, 3.05) is 70.9 Å². The Morgan fingerprint density at radius 1 is 0.971 bits per heavy atom. The maximum absolute atomic E-state index is 6.47. The molecule has 3 aliphatic heterocycles. The van der Waals surface area contributed by atoms with Crippen LogP contribution < -0.4 is 4.90 Å². The monoisotopic (exact) mass is 484 g/mol. The highest BCUT2D eigenvalue weighted by molar-refractivity contribution is 6.30. The minimum atomic E-state index is 0.278. The fraction of sp³-hybridized carbons (Fsp3) is 0.615. The van der Waals surface area contributed by atoms with E-state index in [-0.39, 0.29) is 6.10 Å². The van der Waals surface area contributed by atoms with Crippen molar-refractivity contribution in [2.24, 2.45) is 0 Å². The van der Waals surface area contributed by atoms with Crippen molar-refractivity contribution in [3.05, 3.63) is 53.3 Å². The Hall–Kier alpha value is -1.77. The summed E-state index contributed by atoms with van der Waals surface area (Å²) in [7, 11) is 2.21. The van der Waals surface area contributed by atoms with E-state index in [1.165, 1.54) is 5.56 Å². The predicted molar refractivity (Wildman–Crippen MR) is 137 cm³/mol. The molecule has 5 rings (SSSR count). The van der Waals surface area contributed by atoms with E-state index in [0.717, 1.165) is 89.2 Å². The number of ether oxygens (including phenoxy) is 1. The second-order valence-corrected chi connectivity index (χ2v) is 10.4. The molecule has 2 aromatic rings. The third-order valence-electron chi connectivity index (χ3n) is 7.62. The molecular weight excluding hydrogens is 448 g/mol. The van der Waals surface area contributed by atoms with Crippen molar-refractivity contribution >= 4 is 17.5 Å². The van der Waals surface area contributed by atoms with Crippen LogP contribution in [0.15, 0.2) is 42.7 Å². The summed E-state index contributed by atoms with van der Waals surface area (Å²) in [5, 5.41) is 0.795. The second-order valence-electron chi connectivity index (χ2n) is 10.0. The lowest BCUT2D eigenvalue weighted by Crippen LogP contribution is -2.59. The number of benzene rings is 1. The van der Waals surface area contributed by atoms with E-state index in [1.807, 2.05) is 30.6 Å². The smallest absolute Gasteiger partial charge is 0.225 e. The van der Waals surface area contributed by atoms with E-state index in [2.05, 4.69) is 48.7 Å². The van der Waals surface area contributed by atoms with Crippen LogP contribution in [0.5, 0.6) is 0 Å². The summed E-state index contributed by atoms with van der Waals surface area (Å²) in [6, 6.07) is 11.2. The van der Waals surface area contributed by atoms with Crippen molar-refractivity contribution in [3.63, 3.8) is 0 Å². The largest absolute Gasteiger partial charge is 0.374 e. The van der Waals surface area contributed by atoms with Crippen LogP contribution in [0.1, 0.15) is 18.4 Å². The van der Waals surface area contributed by atoms with Crippen molar-refractivity contribution < 1.29 is 4.74 Å². The quantitative estimate of drug-likeness (QED) is 0.624. The van der Waals surface area contributed by atoms with Crippen LogP contribution >= 0.6 is 11.6 Å². The van der Waals surface area contributed by atoms with E-state index in [4.69, 9.17) is 16.3 Å². The lowest BCUT2D eigenvalue weighted by Gasteiger charge is -2.47. The molecule has 3 saturated heterocycles. The highest BCUT2D eigenvalue weighted by atomic mass is 35.5. The van der Waals surface area contributed by atoms with E-state index >= 15 is 0 Å². The molecule has 0 spiro atoms. The minimum absolute atomic E-state index is 0.278. The molecule has 0 unspecified atom stereocenters. The number of hydrogen-bond acceptors (Lipinski definition) is 7. The van der Waals surface area contributed by atoms with Gasteiger partial charge in [0, 0.05) is 81.9 Å². The Morgan fingerprint density at radius 3 is 2.38 bits per heavy atom. The minimum Gasteiger partial charge on any atom is -0.374 e. The highest BCUT2D eigenvalue weighted by Gasteiger charge is 2.36. The van der Waals surface area contributed by atoms with Gasteiger partial charge in [0.2, 0.25) is 5.95 Å². The van der Waals surface area contributed by atoms with Crippen LogP contribution in [0, 0.1) is 0 Å². The molecule has 34 heavy (non-hydrogen) atoms. The van der Waals surface area contributed by atoms with Gasteiger partial charge in [-0.15, -0.1) is 0 Å². The molecule has 8 heteroatoms. The number of nitrogens with zero attached hydrogens (tertiary/aromatic N) is 6. The summed E-state index contributed by atoms with van der Waals surface area (Å²) < 4.78 is 6.47. The Bertz CT molecular complexity index is 884. The Morgan fingerprint density at radius 2 is 1.68 bits per heavy atom. The summed E-state index contributed by atoms with van der Waals surface area (Å²) in [5.41, 5.74) is 1.33. The molecule has 7 nitrogen and oxygen atoms in total. The lowest BCUT2D eigenvalue weighted by atomic mass is 9.96.